The fraction of sp³-hybridized carbons (Fsp3) is 0.400. The number of ether oxygens (including phenoxy) is 1. The van der Waals surface area contributed by atoms with Crippen molar-refractivity contribution in [2.75, 3.05) is 0 Å². The maximum atomic E-state index is 10.9. The van der Waals surface area contributed by atoms with Crippen LogP contribution in [0.1, 0.15) is 19.4 Å². The lowest BCUT2D eigenvalue weighted by Crippen LogP contribution is -2.05. The molecule has 0 saturated heterocycles. The third-order valence-electron chi connectivity index (χ3n) is 1.86. The van der Waals surface area contributed by atoms with E-state index in [1.165, 1.54) is 0 Å². The molecule has 0 atom stereocenters. The van der Waals surface area contributed by atoms with Gasteiger partial charge in [0.15, 0.2) is 0 Å². The zero-order chi connectivity index (χ0) is 12.3. The molecule has 0 aliphatic heterocycles. The number of benzene rings is 1. The lowest BCUT2D eigenvalue weighted by Gasteiger charge is -2.09. The fourth-order valence-electron chi connectivity index (χ4n) is 1.19. The largest absolute Gasteiger partial charge is 0.374 e. The molecule has 0 aliphatic carbocycles. The summed E-state index contributed by atoms with van der Waals surface area (Å²) in [5.74, 6) is 0. The first-order chi connectivity index (χ1) is 7.41. The molecule has 6 heteroatoms. The minimum absolute atomic E-state index is 0.0392. The van der Waals surface area contributed by atoms with Crippen molar-refractivity contribution in [3.05, 3.63) is 36.8 Å². The highest BCUT2D eigenvalue weighted by atomic mass is 79.9. The maximum Gasteiger partial charge on any atom is 0.289 e. The Hall–Kier alpha value is -0.460. The van der Waals surface area contributed by atoms with Crippen molar-refractivity contribution < 1.29 is 9.66 Å². The predicted molar refractivity (Wildman–Crippen MR) is 68.4 cm³/mol. The molecule has 4 nitrogen and oxygen atoms in total. The van der Waals surface area contributed by atoms with E-state index in [4.69, 9.17) is 4.74 Å². The van der Waals surface area contributed by atoms with Crippen LogP contribution >= 0.6 is 31.9 Å². The van der Waals surface area contributed by atoms with Crippen molar-refractivity contribution >= 4 is 37.5 Å². The van der Waals surface area contributed by atoms with E-state index in [2.05, 4.69) is 31.9 Å². The quantitative estimate of drug-likeness (QED) is 0.606. The van der Waals surface area contributed by atoms with Crippen molar-refractivity contribution in [1.29, 1.82) is 0 Å². The van der Waals surface area contributed by atoms with Crippen LogP contribution in [-0.4, -0.2) is 11.0 Å². The zero-order valence-electron chi connectivity index (χ0n) is 8.87. The Morgan fingerprint density at radius 3 is 2.56 bits per heavy atom. The Balaban J connectivity index is 3.09. The van der Waals surface area contributed by atoms with Crippen LogP contribution < -0.4 is 0 Å². The number of hydrogen-bond acceptors (Lipinski definition) is 3. The molecule has 1 aromatic carbocycles. The van der Waals surface area contributed by atoms with Crippen LogP contribution in [0.25, 0.3) is 0 Å². The van der Waals surface area contributed by atoms with E-state index in [0.29, 0.717) is 10.0 Å². The SMILES string of the molecule is CC(C)OCc1cc(Br)cc(Br)c1[N+](=O)[O-]. The number of nitro groups is 1. The first-order valence-electron chi connectivity index (χ1n) is 4.65. The number of hydrogen-bond donors (Lipinski definition) is 0. The molecule has 0 aromatic heterocycles. The van der Waals surface area contributed by atoms with Gasteiger partial charge in [0.05, 0.1) is 27.7 Å². The Morgan fingerprint density at radius 1 is 1.44 bits per heavy atom. The monoisotopic (exact) mass is 351 g/mol. The van der Waals surface area contributed by atoms with Gasteiger partial charge >= 0.3 is 0 Å². The molecule has 0 radical (unpaired) electrons. The van der Waals surface area contributed by atoms with Gasteiger partial charge in [-0.25, -0.2) is 0 Å². The molecule has 1 aromatic rings. The molecule has 0 spiro atoms. The molecule has 88 valence electrons. The third kappa shape index (κ3) is 3.54. The first kappa shape index (κ1) is 13.6. The highest BCUT2D eigenvalue weighted by Gasteiger charge is 2.19. The Labute approximate surface area is 110 Å². The smallest absolute Gasteiger partial charge is 0.289 e. The van der Waals surface area contributed by atoms with E-state index in [1.807, 2.05) is 13.8 Å². The summed E-state index contributed by atoms with van der Waals surface area (Å²) >= 11 is 6.47. The standard InChI is InChI=1S/C10H11Br2NO3/c1-6(2)16-5-7-3-8(11)4-9(12)10(7)13(14)15/h3-4,6H,5H2,1-2H3. The number of nitro benzene ring substituents is 1. The first-order valence-corrected chi connectivity index (χ1v) is 6.24. The van der Waals surface area contributed by atoms with Crippen molar-refractivity contribution in [3.8, 4) is 0 Å². The van der Waals surface area contributed by atoms with Crippen LogP contribution in [0.4, 0.5) is 5.69 Å². The molecule has 1 rings (SSSR count). The van der Waals surface area contributed by atoms with E-state index in [1.54, 1.807) is 12.1 Å². The van der Waals surface area contributed by atoms with E-state index in [-0.39, 0.29) is 18.4 Å². The van der Waals surface area contributed by atoms with Crippen LogP contribution in [0.3, 0.4) is 0 Å². The third-order valence-corrected chi connectivity index (χ3v) is 2.92. The average Bonchev–Trinajstić information content (AvgIpc) is 2.12. The van der Waals surface area contributed by atoms with E-state index in [9.17, 15) is 10.1 Å². The molecular formula is C10H11Br2NO3. The lowest BCUT2D eigenvalue weighted by molar-refractivity contribution is -0.386. The van der Waals surface area contributed by atoms with Crippen molar-refractivity contribution in [2.45, 2.75) is 26.6 Å². The van der Waals surface area contributed by atoms with Crippen molar-refractivity contribution in [3.63, 3.8) is 0 Å². The fourth-order valence-corrected chi connectivity index (χ4v) is 2.65. The van der Waals surface area contributed by atoms with Gasteiger partial charge < -0.3 is 4.74 Å². The van der Waals surface area contributed by atoms with Gasteiger partial charge in [0, 0.05) is 4.47 Å². The van der Waals surface area contributed by atoms with Crippen LogP contribution in [0.5, 0.6) is 0 Å². The van der Waals surface area contributed by atoms with Crippen molar-refractivity contribution in [1.82, 2.24) is 0 Å². The molecule has 0 heterocycles. The highest BCUT2D eigenvalue weighted by Crippen LogP contribution is 2.33. The average molecular weight is 353 g/mol. The Bertz CT molecular complexity index is 407. The summed E-state index contributed by atoms with van der Waals surface area (Å²) in [7, 11) is 0. The van der Waals surface area contributed by atoms with Gasteiger partial charge in [0.1, 0.15) is 0 Å². The number of nitrogens with zero attached hydrogens (tertiary/aromatic N) is 1. The molecule has 0 aliphatic rings. The maximum absolute atomic E-state index is 10.9. The lowest BCUT2D eigenvalue weighted by atomic mass is 10.2. The second-order valence-electron chi connectivity index (χ2n) is 3.51. The molecule has 0 fully saturated rings. The topological polar surface area (TPSA) is 52.4 Å². The van der Waals surface area contributed by atoms with Gasteiger partial charge in [-0.1, -0.05) is 15.9 Å². The summed E-state index contributed by atoms with van der Waals surface area (Å²) in [5.41, 5.74) is 0.615. The van der Waals surface area contributed by atoms with Gasteiger partial charge in [-0.3, -0.25) is 10.1 Å². The summed E-state index contributed by atoms with van der Waals surface area (Å²) in [4.78, 5) is 10.5. The summed E-state index contributed by atoms with van der Waals surface area (Å²) in [6, 6.07) is 3.35. The predicted octanol–water partition coefficient (Wildman–Crippen LogP) is 4.04. The van der Waals surface area contributed by atoms with Gasteiger partial charge in [-0.15, -0.1) is 0 Å². The minimum Gasteiger partial charge on any atom is -0.374 e. The number of halogens is 2. The number of rotatable bonds is 4. The molecule has 0 N–H and O–H groups in total. The molecule has 0 amide bonds. The van der Waals surface area contributed by atoms with Crippen LogP contribution in [-0.2, 0) is 11.3 Å². The summed E-state index contributed by atoms with van der Waals surface area (Å²) in [6.07, 6.45) is 0.0392. The van der Waals surface area contributed by atoms with Gasteiger partial charge in [0.2, 0.25) is 0 Å². The Morgan fingerprint density at radius 2 is 2.06 bits per heavy atom. The summed E-state index contributed by atoms with van der Waals surface area (Å²) < 4.78 is 6.62. The van der Waals surface area contributed by atoms with Gasteiger partial charge in [-0.05, 0) is 41.9 Å². The van der Waals surface area contributed by atoms with Crippen LogP contribution in [0.15, 0.2) is 21.1 Å². The molecule has 16 heavy (non-hydrogen) atoms. The van der Waals surface area contributed by atoms with Crippen molar-refractivity contribution in [2.24, 2.45) is 0 Å². The zero-order valence-corrected chi connectivity index (χ0v) is 12.0. The molecule has 0 bridgehead atoms. The summed E-state index contributed by atoms with van der Waals surface area (Å²) in [5, 5.41) is 10.9. The van der Waals surface area contributed by atoms with E-state index in [0.717, 1.165) is 4.47 Å². The van der Waals surface area contributed by atoms with Gasteiger partial charge in [-0.2, -0.15) is 0 Å². The van der Waals surface area contributed by atoms with Crippen LogP contribution in [0.2, 0.25) is 0 Å². The second-order valence-corrected chi connectivity index (χ2v) is 5.28. The second kappa shape index (κ2) is 5.75. The van der Waals surface area contributed by atoms with Gasteiger partial charge in [0.25, 0.3) is 5.69 Å². The van der Waals surface area contributed by atoms with E-state index >= 15 is 0 Å². The molecule has 0 unspecified atom stereocenters. The molecular weight excluding hydrogens is 342 g/mol. The normalized spacial score (nSPS) is 10.8. The van der Waals surface area contributed by atoms with E-state index < -0.39 is 4.92 Å². The Kier molecular flexibility index (Phi) is 4.89. The van der Waals surface area contributed by atoms with Crippen LogP contribution in [0, 0.1) is 10.1 Å². The highest BCUT2D eigenvalue weighted by molar-refractivity contribution is 9.11. The minimum atomic E-state index is -0.407. The summed E-state index contributed by atoms with van der Waals surface area (Å²) in [6.45, 7) is 4.00. The molecule has 0 saturated carbocycles.